The first-order chi connectivity index (χ1) is 8.45. The van der Waals surface area contributed by atoms with Crippen LogP contribution in [0.25, 0.3) is 0 Å². The molecule has 2 heterocycles. The van der Waals surface area contributed by atoms with Crippen molar-refractivity contribution < 1.29 is 4.74 Å². The van der Waals surface area contributed by atoms with Gasteiger partial charge in [0.15, 0.2) is 0 Å². The Labute approximate surface area is 104 Å². The lowest BCUT2D eigenvalue weighted by Crippen LogP contribution is -2.29. The van der Waals surface area contributed by atoms with E-state index in [0.29, 0.717) is 6.61 Å². The van der Waals surface area contributed by atoms with Crippen molar-refractivity contribution in [2.75, 3.05) is 19.7 Å². The van der Waals surface area contributed by atoms with Crippen molar-refractivity contribution in [2.24, 2.45) is 5.92 Å². The van der Waals surface area contributed by atoms with E-state index in [-0.39, 0.29) is 0 Å². The van der Waals surface area contributed by atoms with Gasteiger partial charge in [-0.1, -0.05) is 6.07 Å². The second-order valence-corrected chi connectivity index (χ2v) is 4.73. The van der Waals surface area contributed by atoms with E-state index < -0.39 is 0 Å². The van der Waals surface area contributed by atoms with Gasteiger partial charge in [-0.15, -0.1) is 0 Å². The molecule has 0 radical (unpaired) electrons. The summed E-state index contributed by atoms with van der Waals surface area (Å²) in [6, 6.07) is 5.93. The summed E-state index contributed by atoms with van der Waals surface area (Å²) in [5, 5.41) is 3.45. The van der Waals surface area contributed by atoms with Crippen LogP contribution in [0.1, 0.15) is 31.4 Å². The van der Waals surface area contributed by atoms with Gasteiger partial charge in [-0.25, -0.2) is 0 Å². The molecule has 0 unspecified atom stereocenters. The van der Waals surface area contributed by atoms with E-state index in [4.69, 9.17) is 4.74 Å². The highest BCUT2D eigenvalue weighted by molar-refractivity contribution is 5.01. The van der Waals surface area contributed by atoms with Crippen LogP contribution in [-0.4, -0.2) is 24.7 Å². The van der Waals surface area contributed by atoms with Crippen molar-refractivity contribution in [3.05, 3.63) is 30.1 Å². The zero-order valence-electron chi connectivity index (χ0n) is 10.4. The molecule has 1 N–H and O–H groups in total. The fourth-order valence-electron chi connectivity index (χ4n) is 2.30. The van der Waals surface area contributed by atoms with Crippen LogP contribution in [0.15, 0.2) is 24.4 Å². The summed E-state index contributed by atoms with van der Waals surface area (Å²) in [7, 11) is 0. The Bertz CT molecular complexity index is 296. The van der Waals surface area contributed by atoms with Gasteiger partial charge in [-0.3, -0.25) is 4.98 Å². The van der Waals surface area contributed by atoms with Crippen molar-refractivity contribution in [1.82, 2.24) is 10.3 Å². The van der Waals surface area contributed by atoms with Crippen LogP contribution in [0, 0.1) is 5.92 Å². The lowest BCUT2D eigenvalue weighted by atomic mass is 9.95. The minimum Gasteiger partial charge on any atom is -0.375 e. The van der Waals surface area contributed by atoms with E-state index in [2.05, 4.69) is 10.3 Å². The Hall–Kier alpha value is -0.930. The molecule has 0 aliphatic carbocycles. The van der Waals surface area contributed by atoms with Gasteiger partial charge in [0.25, 0.3) is 0 Å². The number of nitrogens with one attached hydrogen (secondary N) is 1. The predicted molar refractivity (Wildman–Crippen MR) is 68.7 cm³/mol. The molecule has 1 fully saturated rings. The van der Waals surface area contributed by atoms with Crippen LogP contribution in [0.4, 0.5) is 0 Å². The number of piperidine rings is 1. The zero-order valence-corrected chi connectivity index (χ0v) is 10.4. The standard InChI is InChI=1S/C14H22N2O/c1-2-9-16-14(7-1)12-17-10-4-6-13-5-3-8-15-11-13/h1-2,7,9,13,15H,3-6,8,10-12H2/t13-/m1/s1. The molecule has 0 amide bonds. The normalized spacial score (nSPS) is 20.4. The fraction of sp³-hybridized carbons (Fsp3) is 0.643. The molecule has 0 aromatic carbocycles. The monoisotopic (exact) mass is 234 g/mol. The summed E-state index contributed by atoms with van der Waals surface area (Å²) in [6.07, 6.45) is 6.98. The van der Waals surface area contributed by atoms with Gasteiger partial charge in [-0.2, -0.15) is 0 Å². The van der Waals surface area contributed by atoms with Crippen LogP contribution in [0.3, 0.4) is 0 Å². The summed E-state index contributed by atoms with van der Waals surface area (Å²) in [5.41, 5.74) is 1.02. The summed E-state index contributed by atoms with van der Waals surface area (Å²) in [6.45, 7) is 3.89. The van der Waals surface area contributed by atoms with E-state index in [0.717, 1.165) is 18.2 Å². The third-order valence-electron chi connectivity index (χ3n) is 3.28. The van der Waals surface area contributed by atoms with E-state index >= 15 is 0 Å². The first kappa shape index (κ1) is 12.5. The Kier molecular flexibility index (Phi) is 5.46. The average molecular weight is 234 g/mol. The molecule has 1 saturated heterocycles. The molecule has 0 spiro atoms. The topological polar surface area (TPSA) is 34.1 Å². The highest BCUT2D eigenvalue weighted by Gasteiger charge is 2.11. The maximum atomic E-state index is 5.63. The van der Waals surface area contributed by atoms with Crippen molar-refractivity contribution in [3.63, 3.8) is 0 Å². The Morgan fingerprint density at radius 2 is 2.41 bits per heavy atom. The molecule has 3 heteroatoms. The first-order valence-corrected chi connectivity index (χ1v) is 6.63. The minimum absolute atomic E-state index is 0.643. The molecule has 1 aromatic heterocycles. The van der Waals surface area contributed by atoms with Crippen LogP contribution < -0.4 is 5.32 Å². The van der Waals surface area contributed by atoms with Crippen LogP contribution in [-0.2, 0) is 11.3 Å². The quantitative estimate of drug-likeness (QED) is 0.767. The van der Waals surface area contributed by atoms with E-state index in [1.165, 1.54) is 38.8 Å². The molecular formula is C14H22N2O. The van der Waals surface area contributed by atoms with E-state index in [9.17, 15) is 0 Å². The van der Waals surface area contributed by atoms with Crippen molar-refractivity contribution >= 4 is 0 Å². The largest absolute Gasteiger partial charge is 0.375 e. The van der Waals surface area contributed by atoms with Crippen molar-refractivity contribution in [2.45, 2.75) is 32.3 Å². The fourth-order valence-corrected chi connectivity index (χ4v) is 2.30. The van der Waals surface area contributed by atoms with Gasteiger partial charge in [0.2, 0.25) is 0 Å². The zero-order chi connectivity index (χ0) is 11.8. The Balaban J connectivity index is 1.51. The van der Waals surface area contributed by atoms with Gasteiger partial charge in [0.1, 0.15) is 0 Å². The molecule has 1 aromatic rings. The van der Waals surface area contributed by atoms with Gasteiger partial charge in [0, 0.05) is 12.8 Å². The first-order valence-electron chi connectivity index (χ1n) is 6.63. The number of pyridine rings is 1. The number of rotatable bonds is 6. The van der Waals surface area contributed by atoms with Gasteiger partial charge in [-0.05, 0) is 56.8 Å². The third kappa shape index (κ3) is 4.84. The summed E-state index contributed by atoms with van der Waals surface area (Å²) >= 11 is 0. The molecule has 1 aliphatic heterocycles. The highest BCUT2D eigenvalue weighted by Crippen LogP contribution is 2.15. The number of ether oxygens (including phenoxy) is 1. The van der Waals surface area contributed by atoms with E-state index in [1.54, 1.807) is 0 Å². The van der Waals surface area contributed by atoms with Crippen molar-refractivity contribution in [1.29, 1.82) is 0 Å². The molecule has 3 nitrogen and oxygen atoms in total. The number of hydrogen-bond acceptors (Lipinski definition) is 3. The molecule has 0 saturated carbocycles. The average Bonchev–Trinajstić information content (AvgIpc) is 2.41. The van der Waals surface area contributed by atoms with Crippen LogP contribution >= 0.6 is 0 Å². The van der Waals surface area contributed by atoms with Gasteiger partial charge < -0.3 is 10.1 Å². The smallest absolute Gasteiger partial charge is 0.0887 e. The minimum atomic E-state index is 0.643. The number of hydrogen-bond donors (Lipinski definition) is 1. The maximum absolute atomic E-state index is 5.63. The van der Waals surface area contributed by atoms with Crippen LogP contribution in [0.5, 0.6) is 0 Å². The van der Waals surface area contributed by atoms with Gasteiger partial charge >= 0.3 is 0 Å². The lowest BCUT2D eigenvalue weighted by molar-refractivity contribution is 0.110. The second kappa shape index (κ2) is 7.41. The molecule has 0 bridgehead atoms. The van der Waals surface area contributed by atoms with E-state index in [1.807, 2.05) is 24.4 Å². The predicted octanol–water partition coefficient (Wildman–Crippen LogP) is 2.38. The SMILES string of the molecule is c1ccc(COCCC[C@H]2CCCNC2)nc1. The van der Waals surface area contributed by atoms with Crippen molar-refractivity contribution in [3.8, 4) is 0 Å². The highest BCUT2D eigenvalue weighted by atomic mass is 16.5. The molecular weight excluding hydrogens is 212 g/mol. The summed E-state index contributed by atoms with van der Waals surface area (Å²) < 4.78 is 5.63. The second-order valence-electron chi connectivity index (χ2n) is 4.73. The summed E-state index contributed by atoms with van der Waals surface area (Å²) in [5.74, 6) is 0.863. The lowest BCUT2D eigenvalue weighted by Gasteiger charge is -2.22. The Morgan fingerprint density at radius 1 is 1.41 bits per heavy atom. The third-order valence-corrected chi connectivity index (χ3v) is 3.28. The molecule has 1 atom stereocenters. The van der Waals surface area contributed by atoms with Crippen LogP contribution in [0.2, 0.25) is 0 Å². The molecule has 2 rings (SSSR count). The number of aromatic nitrogens is 1. The number of nitrogens with zero attached hydrogens (tertiary/aromatic N) is 1. The molecule has 94 valence electrons. The summed E-state index contributed by atoms with van der Waals surface area (Å²) in [4.78, 5) is 4.23. The Morgan fingerprint density at radius 3 is 3.18 bits per heavy atom. The maximum Gasteiger partial charge on any atom is 0.0887 e. The molecule has 1 aliphatic rings. The van der Waals surface area contributed by atoms with Gasteiger partial charge in [0.05, 0.1) is 12.3 Å². The molecule has 17 heavy (non-hydrogen) atoms.